The van der Waals surface area contributed by atoms with E-state index >= 15 is 0 Å². The summed E-state index contributed by atoms with van der Waals surface area (Å²) in [6.45, 7) is 1.67. The van der Waals surface area contributed by atoms with Crippen molar-refractivity contribution in [3.63, 3.8) is 0 Å². The van der Waals surface area contributed by atoms with E-state index in [0.717, 1.165) is 0 Å². The van der Waals surface area contributed by atoms with Gasteiger partial charge in [-0.2, -0.15) is 0 Å². The Balaban J connectivity index is 2.74. The highest BCUT2D eigenvalue weighted by molar-refractivity contribution is 7.93. The molecule has 8 heteroatoms. The number of carbonyl (C=O) groups excluding carboxylic acids is 1. The van der Waals surface area contributed by atoms with Gasteiger partial charge in [0.1, 0.15) is 0 Å². The molecule has 94 valence electrons. The highest BCUT2D eigenvalue weighted by Gasteiger charge is 2.19. The molecule has 0 aliphatic heterocycles. The molecule has 0 aromatic carbocycles. The lowest BCUT2D eigenvalue weighted by Crippen LogP contribution is -2.24. The molecule has 0 spiro atoms. The van der Waals surface area contributed by atoms with E-state index in [1.165, 1.54) is 18.3 Å². The van der Waals surface area contributed by atoms with E-state index in [-0.39, 0.29) is 18.2 Å². The lowest BCUT2D eigenvalue weighted by Gasteiger charge is -2.07. The fourth-order valence-electron chi connectivity index (χ4n) is 1.02. The van der Waals surface area contributed by atoms with Crippen molar-refractivity contribution in [2.45, 2.75) is 6.92 Å². The molecule has 0 radical (unpaired) electrons. The summed E-state index contributed by atoms with van der Waals surface area (Å²) in [6, 6.07) is 2.72. The number of nitrogens with zero attached hydrogens (tertiary/aromatic N) is 1. The Morgan fingerprint density at radius 3 is 2.88 bits per heavy atom. The molecule has 17 heavy (non-hydrogen) atoms. The van der Waals surface area contributed by atoms with E-state index in [9.17, 15) is 18.3 Å². The van der Waals surface area contributed by atoms with Crippen LogP contribution in [0.25, 0.3) is 0 Å². The Kier molecular flexibility index (Phi) is 4.27. The molecule has 0 amide bonds. The molecule has 0 bridgehead atoms. The lowest BCUT2D eigenvalue weighted by atomic mass is 10.4. The van der Waals surface area contributed by atoms with Gasteiger partial charge in [-0.1, -0.05) is 0 Å². The number of aromatic hydroxyl groups is 1. The van der Waals surface area contributed by atoms with Gasteiger partial charge in [0.25, 0.3) is 0 Å². The largest absolute Gasteiger partial charge is 0.504 e. The third-order valence-corrected chi connectivity index (χ3v) is 2.77. The Bertz CT molecular complexity index is 500. The number of rotatable bonds is 5. The Labute approximate surface area is 98.5 Å². The summed E-state index contributed by atoms with van der Waals surface area (Å²) in [5, 5.41) is 9.31. The van der Waals surface area contributed by atoms with Gasteiger partial charge in [0, 0.05) is 6.20 Å². The van der Waals surface area contributed by atoms with Crippen LogP contribution in [-0.2, 0) is 19.6 Å². The van der Waals surface area contributed by atoms with Gasteiger partial charge >= 0.3 is 5.97 Å². The minimum Gasteiger partial charge on any atom is -0.504 e. The first-order valence-electron chi connectivity index (χ1n) is 4.74. The van der Waals surface area contributed by atoms with Gasteiger partial charge < -0.3 is 9.84 Å². The number of sulfonamides is 1. The number of carbonyl (C=O) groups is 1. The van der Waals surface area contributed by atoms with Crippen LogP contribution in [0.4, 0.5) is 5.82 Å². The van der Waals surface area contributed by atoms with E-state index in [2.05, 4.69) is 9.72 Å². The average molecular weight is 260 g/mol. The number of ether oxygens (including phenoxy) is 1. The summed E-state index contributed by atoms with van der Waals surface area (Å²) >= 11 is 0. The van der Waals surface area contributed by atoms with Gasteiger partial charge in [-0.3, -0.25) is 9.52 Å². The van der Waals surface area contributed by atoms with Gasteiger partial charge in [-0.25, -0.2) is 13.4 Å². The van der Waals surface area contributed by atoms with Gasteiger partial charge in [-0.15, -0.1) is 0 Å². The molecule has 0 saturated carbocycles. The maximum atomic E-state index is 11.5. The van der Waals surface area contributed by atoms with Crippen LogP contribution >= 0.6 is 0 Å². The standard InChI is InChI=1S/C9H12N2O5S/c1-2-16-8(13)6-17(14,15)11-9-7(12)4-3-5-10-9/h3-5,12H,2,6H2,1H3,(H,10,11). The van der Waals surface area contributed by atoms with E-state index in [0.29, 0.717) is 0 Å². The molecule has 0 aliphatic carbocycles. The van der Waals surface area contributed by atoms with Crippen molar-refractivity contribution in [1.29, 1.82) is 0 Å². The Hall–Kier alpha value is -1.83. The van der Waals surface area contributed by atoms with Crippen molar-refractivity contribution in [3.8, 4) is 5.75 Å². The van der Waals surface area contributed by atoms with Crippen LogP contribution in [0, 0.1) is 0 Å². The van der Waals surface area contributed by atoms with Crippen molar-refractivity contribution < 1.29 is 23.1 Å². The minimum absolute atomic E-state index is 0.100. The molecule has 7 nitrogen and oxygen atoms in total. The maximum Gasteiger partial charge on any atom is 0.323 e. The van der Waals surface area contributed by atoms with Crippen molar-refractivity contribution in [3.05, 3.63) is 18.3 Å². The molecule has 1 aromatic rings. The van der Waals surface area contributed by atoms with E-state index in [4.69, 9.17) is 0 Å². The van der Waals surface area contributed by atoms with Crippen LogP contribution in [-0.4, -0.2) is 36.8 Å². The molecule has 0 unspecified atom stereocenters. The minimum atomic E-state index is -3.93. The fraction of sp³-hybridized carbons (Fsp3) is 0.333. The number of hydrogen-bond acceptors (Lipinski definition) is 6. The highest BCUT2D eigenvalue weighted by Crippen LogP contribution is 2.19. The first-order chi connectivity index (χ1) is 7.94. The van der Waals surface area contributed by atoms with Crippen LogP contribution in [0.5, 0.6) is 5.75 Å². The smallest absolute Gasteiger partial charge is 0.323 e. The molecule has 1 aromatic heterocycles. The molecule has 0 aliphatic rings. The van der Waals surface area contributed by atoms with E-state index < -0.39 is 21.7 Å². The molecular weight excluding hydrogens is 248 g/mol. The fourth-order valence-corrected chi connectivity index (χ4v) is 1.93. The first kappa shape index (κ1) is 13.2. The summed E-state index contributed by atoms with van der Waals surface area (Å²) in [4.78, 5) is 14.6. The first-order valence-corrected chi connectivity index (χ1v) is 6.40. The number of esters is 1. The van der Waals surface area contributed by atoms with Gasteiger partial charge in [-0.05, 0) is 19.1 Å². The quantitative estimate of drug-likeness (QED) is 0.727. The van der Waals surface area contributed by atoms with Crippen LogP contribution in [0.1, 0.15) is 6.92 Å². The van der Waals surface area contributed by atoms with Crippen molar-refractivity contribution in [2.75, 3.05) is 17.1 Å². The number of nitrogens with one attached hydrogen (secondary N) is 1. The van der Waals surface area contributed by atoms with Crippen LogP contribution in [0.2, 0.25) is 0 Å². The van der Waals surface area contributed by atoms with E-state index in [1.54, 1.807) is 6.92 Å². The predicted molar refractivity (Wildman–Crippen MR) is 59.9 cm³/mol. The Morgan fingerprint density at radius 2 is 2.29 bits per heavy atom. The third-order valence-electron chi connectivity index (χ3n) is 1.65. The van der Waals surface area contributed by atoms with Gasteiger partial charge in [0.2, 0.25) is 10.0 Å². The number of hydrogen-bond donors (Lipinski definition) is 2. The second-order valence-electron chi connectivity index (χ2n) is 3.04. The number of aromatic nitrogens is 1. The van der Waals surface area contributed by atoms with Gasteiger partial charge in [0.05, 0.1) is 6.61 Å². The second kappa shape index (κ2) is 5.48. The Morgan fingerprint density at radius 1 is 1.59 bits per heavy atom. The normalized spacial score (nSPS) is 10.9. The predicted octanol–water partition coefficient (Wildman–Crippen LogP) is 0.0920. The zero-order valence-electron chi connectivity index (χ0n) is 9.08. The lowest BCUT2D eigenvalue weighted by molar-refractivity contribution is -0.139. The van der Waals surface area contributed by atoms with E-state index in [1.807, 2.05) is 4.72 Å². The molecule has 1 rings (SSSR count). The number of pyridine rings is 1. The average Bonchev–Trinajstić information content (AvgIpc) is 2.20. The van der Waals surface area contributed by atoms with Crippen molar-refractivity contribution >= 4 is 21.8 Å². The molecule has 2 N–H and O–H groups in total. The third kappa shape index (κ3) is 4.27. The molecular formula is C9H12N2O5S. The zero-order valence-corrected chi connectivity index (χ0v) is 9.90. The summed E-state index contributed by atoms with van der Waals surface area (Å²) in [5.74, 6) is -2.23. The van der Waals surface area contributed by atoms with Crippen molar-refractivity contribution in [1.82, 2.24) is 4.98 Å². The summed E-state index contributed by atoms with van der Waals surface area (Å²) in [5.41, 5.74) is 0. The highest BCUT2D eigenvalue weighted by atomic mass is 32.2. The zero-order chi connectivity index (χ0) is 12.9. The summed E-state index contributed by atoms with van der Waals surface area (Å²) < 4.78 is 29.4. The molecule has 1 heterocycles. The van der Waals surface area contributed by atoms with Gasteiger partial charge in [0.15, 0.2) is 17.3 Å². The molecule has 0 atom stereocenters. The second-order valence-corrected chi connectivity index (χ2v) is 4.76. The maximum absolute atomic E-state index is 11.5. The van der Waals surface area contributed by atoms with Crippen molar-refractivity contribution in [2.24, 2.45) is 0 Å². The SMILES string of the molecule is CCOC(=O)CS(=O)(=O)Nc1ncccc1O. The topological polar surface area (TPSA) is 106 Å². The molecule has 0 fully saturated rings. The number of anilines is 1. The molecule has 0 saturated heterocycles. The summed E-state index contributed by atoms with van der Waals surface area (Å²) in [7, 11) is -3.93. The van der Waals surface area contributed by atoms with Crippen LogP contribution in [0.3, 0.4) is 0 Å². The van der Waals surface area contributed by atoms with Crippen LogP contribution in [0.15, 0.2) is 18.3 Å². The van der Waals surface area contributed by atoms with Crippen LogP contribution < -0.4 is 4.72 Å². The summed E-state index contributed by atoms with van der Waals surface area (Å²) in [6.07, 6.45) is 1.31. The monoisotopic (exact) mass is 260 g/mol.